The normalized spacial score (nSPS) is 11.9. The predicted octanol–water partition coefficient (Wildman–Crippen LogP) is 3.06. The van der Waals surface area contributed by atoms with Gasteiger partial charge in [0.25, 0.3) is 0 Å². The van der Waals surface area contributed by atoms with Crippen LogP contribution in [-0.2, 0) is 4.79 Å². The lowest BCUT2D eigenvalue weighted by molar-refractivity contribution is -0.137. The Morgan fingerprint density at radius 2 is 1.94 bits per heavy atom. The number of hydrogen-bond donors (Lipinski definition) is 1. The number of benzene rings is 1. The molecule has 0 spiro atoms. The van der Waals surface area contributed by atoms with Crippen molar-refractivity contribution in [1.82, 2.24) is 0 Å². The first-order chi connectivity index (χ1) is 8.62. The molecule has 0 aromatic heterocycles. The van der Waals surface area contributed by atoms with Gasteiger partial charge >= 0.3 is 5.97 Å². The lowest BCUT2D eigenvalue weighted by Gasteiger charge is -2.16. The molecule has 0 fully saturated rings. The topological polar surface area (TPSA) is 55.8 Å². The van der Waals surface area contributed by atoms with Gasteiger partial charge in [-0.25, -0.2) is 0 Å². The van der Waals surface area contributed by atoms with Crippen LogP contribution < -0.4 is 9.47 Å². The van der Waals surface area contributed by atoms with Crippen LogP contribution >= 0.6 is 0 Å². The largest absolute Gasteiger partial charge is 0.493 e. The van der Waals surface area contributed by atoms with Crippen LogP contribution in [0.3, 0.4) is 0 Å². The second-order valence-electron chi connectivity index (χ2n) is 4.20. The minimum atomic E-state index is -0.775. The molecule has 0 aliphatic rings. The molecular weight excluding hydrogens is 232 g/mol. The van der Waals surface area contributed by atoms with Crippen molar-refractivity contribution in [3.8, 4) is 11.5 Å². The van der Waals surface area contributed by atoms with Crippen LogP contribution in [0.25, 0.3) is 0 Å². The van der Waals surface area contributed by atoms with Crippen molar-refractivity contribution in [1.29, 1.82) is 0 Å². The summed E-state index contributed by atoms with van der Waals surface area (Å²) in [4.78, 5) is 10.9. The zero-order chi connectivity index (χ0) is 13.5. The Bertz CT molecular complexity index is 401. The highest BCUT2D eigenvalue weighted by atomic mass is 16.5. The lowest BCUT2D eigenvalue weighted by atomic mass is 9.91. The molecule has 0 aliphatic heterocycles. The first kappa shape index (κ1) is 14.4. The fraction of sp³-hybridized carbons (Fsp3) is 0.500. The molecule has 1 atom stereocenters. The highest BCUT2D eigenvalue weighted by Gasteiger charge is 2.16. The van der Waals surface area contributed by atoms with Crippen molar-refractivity contribution < 1.29 is 19.4 Å². The van der Waals surface area contributed by atoms with Crippen molar-refractivity contribution >= 4 is 5.97 Å². The quantitative estimate of drug-likeness (QED) is 0.810. The van der Waals surface area contributed by atoms with Crippen LogP contribution in [0.2, 0.25) is 0 Å². The zero-order valence-electron chi connectivity index (χ0n) is 11.1. The number of aliphatic carboxylic acids is 1. The molecule has 1 aromatic rings. The van der Waals surface area contributed by atoms with Crippen LogP contribution in [-0.4, -0.2) is 25.3 Å². The molecule has 0 radical (unpaired) electrons. The molecule has 1 N–H and O–H groups in total. The molecule has 4 nitrogen and oxygen atoms in total. The van der Waals surface area contributed by atoms with Gasteiger partial charge in [-0.2, -0.15) is 0 Å². The molecule has 4 heteroatoms. The number of hydrogen-bond acceptors (Lipinski definition) is 3. The first-order valence-electron chi connectivity index (χ1n) is 6.06. The maximum absolute atomic E-state index is 10.9. The Labute approximate surface area is 108 Å². The molecule has 0 aliphatic carbocycles. The molecule has 0 saturated heterocycles. The fourth-order valence-corrected chi connectivity index (χ4v) is 2.05. The predicted molar refractivity (Wildman–Crippen MR) is 69.4 cm³/mol. The lowest BCUT2D eigenvalue weighted by Crippen LogP contribution is -2.06. The van der Waals surface area contributed by atoms with Gasteiger partial charge in [0, 0.05) is 0 Å². The summed E-state index contributed by atoms with van der Waals surface area (Å²) < 4.78 is 10.4. The van der Waals surface area contributed by atoms with Gasteiger partial charge in [0.2, 0.25) is 0 Å². The van der Waals surface area contributed by atoms with Gasteiger partial charge < -0.3 is 14.6 Å². The van der Waals surface area contributed by atoms with Crippen LogP contribution in [0.5, 0.6) is 11.5 Å². The number of carboxylic acid groups (broad SMARTS) is 1. The Kier molecular flexibility index (Phi) is 5.49. The summed E-state index contributed by atoms with van der Waals surface area (Å²) in [7, 11) is 3.16. The SMILES string of the molecule is CCCC(CC(=O)O)c1ccc(OC)c(OC)c1. The van der Waals surface area contributed by atoms with E-state index in [-0.39, 0.29) is 12.3 Å². The zero-order valence-corrected chi connectivity index (χ0v) is 11.1. The number of rotatable bonds is 7. The second-order valence-corrected chi connectivity index (χ2v) is 4.20. The second kappa shape index (κ2) is 6.89. The summed E-state index contributed by atoms with van der Waals surface area (Å²) in [5.41, 5.74) is 0.983. The van der Waals surface area contributed by atoms with E-state index in [1.165, 1.54) is 0 Å². The van der Waals surface area contributed by atoms with Crippen molar-refractivity contribution in [2.75, 3.05) is 14.2 Å². The van der Waals surface area contributed by atoms with Gasteiger partial charge in [0.15, 0.2) is 11.5 Å². The van der Waals surface area contributed by atoms with Crippen LogP contribution in [0, 0.1) is 0 Å². The Morgan fingerprint density at radius 1 is 1.28 bits per heavy atom. The monoisotopic (exact) mass is 252 g/mol. The first-order valence-corrected chi connectivity index (χ1v) is 6.06. The number of carboxylic acids is 1. The standard InChI is InChI=1S/C14H20O4/c1-4-5-10(9-14(15)16)11-6-7-12(17-2)13(8-11)18-3/h6-8,10H,4-5,9H2,1-3H3,(H,15,16). The summed E-state index contributed by atoms with van der Waals surface area (Å²) in [5, 5.41) is 8.94. The number of methoxy groups -OCH3 is 2. The van der Waals surface area contributed by atoms with Crippen molar-refractivity contribution in [2.45, 2.75) is 32.1 Å². The summed E-state index contributed by atoms with van der Waals surface area (Å²) in [5.74, 6) is 0.545. The molecule has 1 rings (SSSR count). The third-order valence-corrected chi connectivity index (χ3v) is 2.94. The van der Waals surface area contributed by atoms with Gasteiger partial charge in [0.1, 0.15) is 0 Å². The average molecular weight is 252 g/mol. The minimum absolute atomic E-state index is 0.0207. The molecule has 1 unspecified atom stereocenters. The maximum atomic E-state index is 10.9. The number of ether oxygens (including phenoxy) is 2. The Hall–Kier alpha value is -1.71. The van der Waals surface area contributed by atoms with E-state index in [9.17, 15) is 4.79 Å². The van der Waals surface area contributed by atoms with Gasteiger partial charge in [-0.05, 0) is 30.0 Å². The van der Waals surface area contributed by atoms with Gasteiger partial charge in [-0.3, -0.25) is 4.79 Å². The van der Waals surface area contributed by atoms with Crippen molar-refractivity contribution in [3.05, 3.63) is 23.8 Å². The third-order valence-electron chi connectivity index (χ3n) is 2.94. The van der Waals surface area contributed by atoms with Crippen molar-refractivity contribution in [3.63, 3.8) is 0 Å². The van der Waals surface area contributed by atoms with E-state index in [1.54, 1.807) is 14.2 Å². The van der Waals surface area contributed by atoms with E-state index in [0.29, 0.717) is 11.5 Å². The Morgan fingerprint density at radius 3 is 2.44 bits per heavy atom. The molecule has 0 saturated carbocycles. The minimum Gasteiger partial charge on any atom is -0.493 e. The average Bonchev–Trinajstić information content (AvgIpc) is 2.37. The van der Waals surface area contributed by atoms with E-state index in [0.717, 1.165) is 18.4 Å². The molecule has 0 heterocycles. The molecule has 100 valence electrons. The highest BCUT2D eigenvalue weighted by Crippen LogP contribution is 2.33. The van der Waals surface area contributed by atoms with E-state index >= 15 is 0 Å². The Balaban J connectivity index is 3.00. The maximum Gasteiger partial charge on any atom is 0.303 e. The van der Waals surface area contributed by atoms with Gasteiger partial charge in [-0.15, -0.1) is 0 Å². The van der Waals surface area contributed by atoms with Crippen LogP contribution in [0.4, 0.5) is 0 Å². The molecule has 18 heavy (non-hydrogen) atoms. The van der Waals surface area contributed by atoms with E-state index < -0.39 is 5.97 Å². The fourth-order valence-electron chi connectivity index (χ4n) is 2.05. The summed E-state index contributed by atoms with van der Waals surface area (Å²) in [6.07, 6.45) is 1.94. The van der Waals surface area contributed by atoms with E-state index in [1.807, 2.05) is 18.2 Å². The van der Waals surface area contributed by atoms with E-state index in [2.05, 4.69) is 6.92 Å². The number of carbonyl (C=O) groups is 1. The molecule has 1 aromatic carbocycles. The summed E-state index contributed by atoms with van der Waals surface area (Å²) in [6, 6.07) is 5.59. The molecule has 0 amide bonds. The summed E-state index contributed by atoms with van der Waals surface area (Å²) >= 11 is 0. The third kappa shape index (κ3) is 3.65. The van der Waals surface area contributed by atoms with Gasteiger partial charge in [0.05, 0.1) is 20.6 Å². The highest BCUT2D eigenvalue weighted by molar-refractivity contribution is 5.68. The summed E-state index contributed by atoms with van der Waals surface area (Å²) in [6.45, 7) is 2.05. The molecule has 0 bridgehead atoms. The van der Waals surface area contributed by atoms with Crippen LogP contribution in [0.15, 0.2) is 18.2 Å². The molecular formula is C14H20O4. The van der Waals surface area contributed by atoms with Gasteiger partial charge in [-0.1, -0.05) is 19.4 Å². The van der Waals surface area contributed by atoms with Crippen LogP contribution in [0.1, 0.15) is 37.7 Å². The van der Waals surface area contributed by atoms with Crippen molar-refractivity contribution in [2.24, 2.45) is 0 Å². The smallest absolute Gasteiger partial charge is 0.303 e. The van der Waals surface area contributed by atoms with E-state index in [4.69, 9.17) is 14.6 Å².